The van der Waals surface area contributed by atoms with Crippen molar-refractivity contribution >= 4 is 35.1 Å². The zero-order chi connectivity index (χ0) is 30.5. The van der Waals surface area contributed by atoms with E-state index in [1.165, 1.54) is 24.3 Å². The SMILES string of the molecule is N#Cc1ccc(C(=O)N2CCN(c3ccc(C(=O)NC(CC(=O)O)c4ccc(F)cc4)cc3NC(=O)C3CC3)CC2)cc1. The summed E-state index contributed by atoms with van der Waals surface area (Å²) in [7, 11) is 0. The van der Waals surface area contributed by atoms with Crippen LogP contribution in [0.3, 0.4) is 0 Å². The summed E-state index contributed by atoms with van der Waals surface area (Å²) < 4.78 is 13.4. The molecule has 1 aliphatic heterocycles. The molecule has 0 bridgehead atoms. The Hall–Kier alpha value is -5.24. The predicted octanol–water partition coefficient (Wildman–Crippen LogP) is 3.95. The molecule has 0 radical (unpaired) electrons. The second kappa shape index (κ2) is 12.7. The first kappa shape index (κ1) is 29.3. The van der Waals surface area contributed by atoms with E-state index in [2.05, 4.69) is 10.6 Å². The Morgan fingerprint density at radius 2 is 1.58 bits per heavy atom. The summed E-state index contributed by atoms with van der Waals surface area (Å²) in [6.45, 7) is 1.85. The van der Waals surface area contributed by atoms with Gasteiger partial charge in [0.25, 0.3) is 11.8 Å². The number of piperazine rings is 1. The van der Waals surface area contributed by atoms with E-state index in [-0.39, 0.29) is 23.3 Å². The molecule has 2 fully saturated rings. The molecule has 0 spiro atoms. The zero-order valence-electron chi connectivity index (χ0n) is 23.3. The lowest BCUT2D eigenvalue weighted by molar-refractivity contribution is -0.137. The van der Waals surface area contributed by atoms with Gasteiger partial charge in [-0.1, -0.05) is 12.1 Å². The number of carboxylic acids is 1. The largest absolute Gasteiger partial charge is 0.481 e. The smallest absolute Gasteiger partial charge is 0.305 e. The lowest BCUT2D eigenvalue weighted by Gasteiger charge is -2.37. The lowest BCUT2D eigenvalue weighted by atomic mass is 10.0. The van der Waals surface area contributed by atoms with Crippen LogP contribution in [-0.4, -0.2) is 59.9 Å². The van der Waals surface area contributed by atoms with Gasteiger partial charge in [0.15, 0.2) is 0 Å². The molecule has 1 unspecified atom stereocenters. The van der Waals surface area contributed by atoms with Crippen molar-refractivity contribution in [2.24, 2.45) is 5.92 Å². The van der Waals surface area contributed by atoms with E-state index in [9.17, 15) is 28.7 Å². The van der Waals surface area contributed by atoms with Crippen molar-refractivity contribution < 1.29 is 28.7 Å². The van der Waals surface area contributed by atoms with Gasteiger partial charge in [0.05, 0.1) is 35.5 Å². The van der Waals surface area contributed by atoms with Crippen LogP contribution in [0.2, 0.25) is 0 Å². The van der Waals surface area contributed by atoms with Crippen molar-refractivity contribution in [1.82, 2.24) is 10.2 Å². The Labute approximate surface area is 247 Å². The molecule has 1 saturated heterocycles. The van der Waals surface area contributed by atoms with Crippen molar-refractivity contribution in [3.8, 4) is 6.07 Å². The van der Waals surface area contributed by atoms with Crippen molar-refractivity contribution in [3.63, 3.8) is 0 Å². The Bertz CT molecular complexity index is 1570. The molecule has 11 heteroatoms. The second-order valence-electron chi connectivity index (χ2n) is 10.6. The van der Waals surface area contributed by atoms with Gasteiger partial charge in [-0.2, -0.15) is 5.26 Å². The molecule has 3 N–H and O–H groups in total. The van der Waals surface area contributed by atoms with E-state index in [1.807, 2.05) is 11.0 Å². The number of nitrogens with one attached hydrogen (secondary N) is 2. The molecule has 3 amide bonds. The monoisotopic (exact) mass is 583 g/mol. The highest BCUT2D eigenvalue weighted by atomic mass is 19.1. The summed E-state index contributed by atoms with van der Waals surface area (Å²) in [6.07, 6.45) is 1.20. The topological polar surface area (TPSA) is 143 Å². The van der Waals surface area contributed by atoms with Crippen LogP contribution in [0.1, 0.15) is 57.1 Å². The van der Waals surface area contributed by atoms with Gasteiger partial charge in [0.2, 0.25) is 5.91 Å². The van der Waals surface area contributed by atoms with E-state index < -0.39 is 30.2 Å². The number of hydrogen-bond acceptors (Lipinski definition) is 6. The first-order chi connectivity index (χ1) is 20.7. The number of anilines is 2. The van der Waals surface area contributed by atoms with Crippen LogP contribution in [0.5, 0.6) is 0 Å². The van der Waals surface area contributed by atoms with Crippen LogP contribution in [0.15, 0.2) is 66.7 Å². The average molecular weight is 584 g/mol. The fraction of sp³-hybridized carbons (Fsp3) is 0.281. The normalized spacial score (nSPS) is 15.3. The van der Waals surface area contributed by atoms with Gasteiger partial charge in [-0.05, 0) is 73.0 Å². The van der Waals surface area contributed by atoms with Crippen LogP contribution in [-0.2, 0) is 9.59 Å². The molecule has 1 aliphatic carbocycles. The Morgan fingerprint density at radius 1 is 0.930 bits per heavy atom. The van der Waals surface area contributed by atoms with E-state index in [0.29, 0.717) is 54.2 Å². The van der Waals surface area contributed by atoms with Crippen LogP contribution in [0.25, 0.3) is 0 Å². The maximum atomic E-state index is 13.4. The highest BCUT2D eigenvalue weighted by Gasteiger charge is 2.31. The molecule has 10 nitrogen and oxygen atoms in total. The molecular formula is C32H30FN5O5. The number of nitriles is 1. The molecular weight excluding hydrogens is 553 g/mol. The number of amides is 3. The van der Waals surface area contributed by atoms with Gasteiger partial charge in [-0.25, -0.2) is 4.39 Å². The Kier molecular flexibility index (Phi) is 8.66. The number of carbonyl (C=O) groups is 4. The molecule has 3 aromatic rings. The van der Waals surface area contributed by atoms with Crippen LogP contribution in [0, 0.1) is 23.1 Å². The summed E-state index contributed by atoms with van der Waals surface area (Å²) in [5.74, 6) is -2.49. The fourth-order valence-electron chi connectivity index (χ4n) is 5.02. The molecule has 43 heavy (non-hydrogen) atoms. The van der Waals surface area contributed by atoms with Gasteiger partial charge in [-0.15, -0.1) is 0 Å². The molecule has 1 heterocycles. The maximum absolute atomic E-state index is 13.4. The van der Waals surface area contributed by atoms with Crippen LogP contribution in [0.4, 0.5) is 15.8 Å². The number of halogens is 1. The number of aliphatic carboxylic acids is 1. The van der Waals surface area contributed by atoms with Crippen molar-refractivity contribution in [3.05, 3.63) is 94.8 Å². The zero-order valence-corrected chi connectivity index (χ0v) is 23.3. The van der Waals surface area contributed by atoms with E-state index in [4.69, 9.17) is 5.26 Å². The Balaban J connectivity index is 1.32. The molecule has 220 valence electrons. The predicted molar refractivity (Wildman–Crippen MR) is 156 cm³/mol. The quantitative estimate of drug-likeness (QED) is 0.346. The summed E-state index contributed by atoms with van der Waals surface area (Å²) in [6, 6.07) is 17.8. The number of hydrogen-bond donors (Lipinski definition) is 3. The minimum absolute atomic E-state index is 0.0781. The van der Waals surface area contributed by atoms with Gasteiger partial charge < -0.3 is 25.5 Å². The van der Waals surface area contributed by atoms with E-state index in [1.54, 1.807) is 47.4 Å². The van der Waals surface area contributed by atoms with Gasteiger partial charge in [0, 0.05) is 43.2 Å². The first-order valence-corrected chi connectivity index (χ1v) is 14.0. The van der Waals surface area contributed by atoms with Crippen LogP contribution >= 0.6 is 0 Å². The third-order valence-corrected chi connectivity index (χ3v) is 7.59. The third-order valence-electron chi connectivity index (χ3n) is 7.59. The Morgan fingerprint density at radius 3 is 2.19 bits per heavy atom. The van der Waals surface area contributed by atoms with Crippen molar-refractivity contribution in [1.29, 1.82) is 5.26 Å². The molecule has 2 aliphatic rings. The van der Waals surface area contributed by atoms with Crippen molar-refractivity contribution in [2.45, 2.75) is 25.3 Å². The standard InChI is InChI=1S/C32H30FN5O5/c33-25-10-7-21(8-11-25)26(18-29(39)40)35-31(42)24-9-12-28(27(17-24)36-30(41)22-5-6-22)37-13-15-38(16-14-37)32(43)23-3-1-20(19-34)2-4-23/h1-4,7-12,17,22,26H,5-6,13-16,18H2,(H,35,42)(H,36,41)(H,39,40). The molecule has 1 atom stereocenters. The number of carbonyl (C=O) groups excluding carboxylic acids is 3. The number of carboxylic acid groups (broad SMARTS) is 1. The van der Waals surface area contributed by atoms with Crippen molar-refractivity contribution in [2.75, 3.05) is 36.4 Å². The maximum Gasteiger partial charge on any atom is 0.305 e. The molecule has 3 aromatic carbocycles. The van der Waals surface area contributed by atoms with Crippen LogP contribution < -0.4 is 15.5 Å². The number of benzene rings is 3. The van der Waals surface area contributed by atoms with Gasteiger partial charge in [-0.3, -0.25) is 19.2 Å². The third kappa shape index (κ3) is 7.16. The summed E-state index contributed by atoms with van der Waals surface area (Å²) in [5, 5.41) is 24.1. The second-order valence-corrected chi connectivity index (χ2v) is 10.6. The number of nitrogens with zero attached hydrogens (tertiary/aromatic N) is 3. The minimum atomic E-state index is -1.13. The fourth-order valence-corrected chi connectivity index (χ4v) is 5.02. The highest BCUT2D eigenvalue weighted by molar-refractivity contribution is 6.01. The van der Waals surface area contributed by atoms with Gasteiger partial charge >= 0.3 is 5.97 Å². The summed E-state index contributed by atoms with van der Waals surface area (Å²) in [4.78, 5) is 54.3. The number of rotatable bonds is 9. The van der Waals surface area contributed by atoms with E-state index >= 15 is 0 Å². The average Bonchev–Trinajstić information content (AvgIpc) is 3.87. The molecule has 5 rings (SSSR count). The highest BCUT2D eigenvalue weighted by Crippen LogP contribution is 2.34. The lowest BCUT2D eigenvalue weighted by Crippen LogP contribution is -2.49. The minimum Gasteiger partial charge on any atom is -0.481 e. The summed E-state index contributed by atoms with van der Waals surface area (Å²) in [5.41, 5.74) is 2.81. The first-order valence-electron chi connectivity index (χ1n) is 14.0. The van der Waals surface area contributed by atoms with Gasteiger partial charge in [0.1, 0.15) is 5.82 Å². The van der Waals surface area contributed by atoms with E-state index in [0.717, 1.165) is 12.8 Å². The molecule has 1 saturated carbocycles. The molecule has 0 aromatic heterocycles. The summed E-state index contributed by atoms with van der Waals surface area (Å²) >= 11 is 0.